The van der Waals surface area contributed by atoms with Crippen molar-refractivity contribution in [1.82, 2.24) is 10.2 Å². The van der Waals surface area contributed by atoms with E-state index in [0.717, 1.165) is 19.6 Å². The predicted molar refractivity (Wildman–Crippen MR) is 80.6 cm³/mol. The summed E-state index contributed by atoms with van der Waals surface area (Å²) in [6, 6.07) is 0. The normalized spacial score (nSPS) is 31.9. The molecule has 116 valence electrons. The second-order valence-electron chi connectivity index (χ2n) is 7.25. The number of amides is 1. The zero-order chi connectivity index (χ0) is 14.8. The molecule has 0 bridgehead atoms. The highest BCUT2D eigenvalue weighted by molar-refractivity contribution is 5.76. The van der Waals surface area contributed by atoms with Crippen LogP contribution in [0.4, 0.5) is 0 Å². The zero-order valence-corrected chi connectivity index (χ0v) is 13.4. The first-order valence-corrected chi connectivity index (χ1v) is 8.04. The number of hydrogen-bond acceptors (Lipinski definition) is 3. The van der Waals surface area contributed by atoms with Gasteiger partial charge in [0, 0.05) is 19.5 Å². The van der Waals surface area contributed by atoms with Gasteiger partial charge in [0.05, 0.1) is 11.7 Å². The Kier molecular flexibility index (Phi) is 5.08. The van der Waals surface area contributed by atoms with Crippen molar-refractivity contribution < 1.29 is 9.53 Å². The number of carbonyl (C=O) groups excluding carboxylic acids is 1. The number of ether oxygens (including phenoxy) is 1. The third-order valence-corrected chi connectivity index (χ3v) is 4.56. The molecule has 0 aromatic heterocycles. The summed E-state index contributed by atoms with van der Waals surface area (Å²) in [5.74, 6) is 1.42. The fourth-order valence-electron chi connectivity index (χ4n) is 3.58. The molecule has 0 aromatic carbocycles. The van der Waals surface area contributed by atoms with Crippen molar-refractivity contribution in [3.05, 3.63) is 0 Å². The minimum absolute atomic E-state index is 0.134. The van der Waals surface area contributed by atoms with Gasteiger partial charge in [-0.25, -0.2) is 0 Å². The fourth-order valence-corrected chi connectivity index (χ4v) is 3.58. The van der Waals surface area contributed by atoms with E-state index in [0.29, 0.717) is 30.7 Å². The highest BCUT2D eigenvalue weighted by atomic mass is 16.5. The molecule has 1 N–H and O–H groups in total. The van der Waals surface area contributed by atoms with Gasteiger partial charge in [0.2, 0.25) is 5.91 Å². The number of piperidine rings is 1. The molecule has 2 saturated heterocycles. The topological polar surface area (TPSA) is 41.6 Å². The van der Waals surface area contributed by atoms with Crippen LogP contribution < -0.4 is 5.32 Å². The quantitative estimate of drug-likeness (QED) is 0.861. The van der Waals surface area contributed by atoms with E-state index < -0.39 is 0 Å². The van der Waals surface area contributed by atoms with E-state index in [2.05, 4.69) is 33.0 Å². The van der Waals surface area contributed by atoms with Gasteiger partial charge in [0.15, 0.2) is 0 Å². The minimum atomic E-state index is -0.219. The molecule has 0 aromatic rings. The molecule has 2 rings (SSSR count). The van der Waals surface area contributed by atoms with Crippen LogP contribution in [0.15, 0.2) is 0 Å². The lowest BCUT2D eigenvalue weighted by molar-refractivity contribution is -0.159. The second-order valence-corrected chi connectivity index (χ2v) is 7.25. The Morgan fingerprint density at radius 3 is 2.85 bits per heavy atom. The third kappa shape index (κ3) is 4.19. The molecule has 0 spiro atoms. The first-order chi connectivity index (χ1) is 9.37. The predicted octanol–water partition coefficient (Wildman–Crippen LogP) is 2.04. The number of rotatable bonds is 3. The molecule has 0 radical (unpaired) electrons. The SMILES string of the molecule is CC1CN(C(=O)CC(C)C2CCCNC2)CC(C)(C)O1. The average Bonchev–Trinajstić information content (AvgIpc) is 2.37. The summed E-state index contributed by atoms with van der Waals surface area (Å²) >= 11 is 0. The fraction of sp³-hybridized carbons (Fsp3) is 0.938. The van der Waals surface area contributed by atoms with E-state index in [-0.39, 0.29) is 11.7 Å². The smallest absolute Gasteiger partial charge is 0.223 e. The first kappa shape index (κ1) is 15.8. The minimum Gasteiger partial charge on any atom is -0.369 e. The Hall–Kier alpha value is -0.610. The van der Waals surface area contributed by atoms with Crippen LogP contribution in [0.2, 0.25) is 0 Å². The van der Waals surface area contributed by atoms with Crippen LogP contribution in [-0.2, 0) is 9.53 Å². The van der Waals surface area contributed by atoms with E-state index in [4.69, 9.17) is 4.74 Å². The maximum absolute atomic E-state index is 12.5. The second kappa shape index (κ2) is 6.44. The summed E-state index contributed by atoms with van der Waals surface area (Å²) in [6.45, 7) is 12.1. The summed E-state index contributed by atoms with van der Waals surface area (Å²) in [5.41, 5.74) is -0.219. The molecule has 4 nitrogen and oxygen atoms in total. The Labute approximate surface area is 123 Å². The number of hydrogen-bond donors (Lipinski definition) is 1. The molecule has 0 saturated carbocycles. The van der Waals surface area contributed by atoms with Gasteiger partial charge in [-0.15, -0.1) is 0 Å². The summed E-state index contributed by atoms with van der Waals surface area (Å²) < 4.78 is 5.87. The van der Waals surface area contributed by atoms with Crippen LogP contribution in [0.25, 0.3) is 0 Å². The number of nitrogens with one attached hydrogen (secondary N) is 1. The van der Waals surface area contributed by atoms with Gasteiger partial charge in [-0.2, -0.15) is 0 Å². The van der Waals surface area contributed by atoms with Crippen molar-refractivity contribution in [2.45, 2.75) is 58.7 Å². The summed E-state index contributed by atoms with van der Waals surface area (Å²) in [7, 11) is 0. The van der Waals surface area contributed by atoms with Gasteiger partial charge >= 0.3 is 0 Å². The average molecular weight is 282 g/mol. The van der Waals surface area contributed by atoms with Crippen LogP contribution in [0.3, 0.4) is 0 Å². The van der Waals surface area contributed by atoms with Crippen molar-refractivity contribution in [3.8, 4) is 0 Å². The number of nitrogens with zero attached hydrogens (tertiary/aromatic N) is 1. The van der Waals surface area contributed by atoms with E-state index >= 15 is 0 Å². The highest BCUT2D eigenvalue weighted by Gasteiger charge is 2.34. The molecule has 3 unspecified atom stereocenters. The summed E-state index contributed by atoms with van der Waals surface area (Å²) in [4.78, 5) is 14.5. The highest BCUT2D eigenvalue weighted by Crippen LogP contribution is 2.26. The Morgan fingerprint density at radius 1 is 1.50 bits per heavy atom. The lowest BCUT2D eigenvalue weighted by Gasteiger charge is -2.42. The molecular weight excluding hydrogens is 252 g/mol. The van der Waals surface area contributed by atoms with E-state index in [9.17, 15) is 4.79 Å². The van der Waals surface area contributed by atoms with Crippen LogP contribution >= 0.6 is 0 Å². The molecular formula is C16H30N2O2. The van der Waals surface area contributed by atoms with Crippen molar-refractivity contribution >= 4 is 5.91 Å². The summed E-state index contributed by atoms with van der Waals surface area (Å²) in [5, 5.41) is 3.44. The van der Waals surface area contributed by atoms with Crippen molar-refractivity contribution in [2.75, 3.05) is 26.2 Å². The van der Waals surface area contributed by atoms with E-state index in [1.54, 1.807) is 0 Å². The Morgan fingerprint density at radius 2 is 2.25 bits per heavy atom. The number of morpholine rings is 1. The lowest BCUT2D eigenvalue weighted by atomic mass is 9.85. The maximum Gasteiger partial charge on any atom is 0.223 e. The lowest BCUT2D eigenvalue weighted by Crippen LogP contribution is -2.54. The van der Waals surface area contributed by atoms with Gasteiger partial charge in [-0.3, -0.25) is 4.79 Å². The molecule has 2 fully saturated rings. The monoisotopic (exact) mass is 282 g/mol. The maximum atomic E-state index is 12.5. The molecule has 20 heavy (non-hydrogen) atoms. The van der Waals surface area contributed by atoms with Crippen LogP contribution in [0.1, 0.15) is 47.0 Å². The van der Waals surface area contributed by atoms with Crippen molar-refractivity contribution in [3.63, 3.8) is 0 Å². The zero-order valence-electron chi connectivity index (χ0n) is 13.4. The Balaban J connectivity index is 1.87. The molecule has 2 aliphatic heterocycles. The van der Waals surface area contributed by atoms with Gasteiger partial charge in [-0.05, 0) is 58.5 Å². The molecule has 0 aliphatic carbocycles. The molecule has 1 amide bonds. The molecule has 2 aliphatic rings. The van der Waals surface area contributed by atoms with Crippen LogP contribution in [0.5, 0.6) is 0 Å². The molecule has 2 heterocycles. The van der Waals surface area contributed by atoms with Gasteiger partial charge < -0.3 is 15.0 Å². The standard InChI is InChI=1S/C16H30N2O2/c1-12(14-6-5-7-17-9-14)8-15(19)18-10-13(2)20-16(3,4)11-18/h12-14,17H,5-11H2,1-4H3. The van der Waals surface area contributed by atoms with Crippen molar-refractivity contribution in [2.24, 2.45) is 11.8 Å². The van der Waals surface area contributed by atoms with Crippen LogP contribution in [-0.4, -0.2) is 48.7 Å². The first-order valence-electron chi connectivity index (χ1n) is 8.04. The summed E-state index contributed by atoms with van der Waals surface area (Å²) in [6.07, 6.45) is 3.31. The van der Waals surface area contributed by atoms with E-state index in [1.807, 2.05) is 4.90 Å². The van der Waals surface area contributed by atoms with Gasteiger partial charge in [0.1, 0.15) is 0 Å². The molecule has 4 heteroatoms. The Bertz CT molecular complexity index is 337. The third-order valence-electron chi connectivity index (χ3n) is 4.56. The van der Waals surface area contributed by atoms with Crippen LogP contribution in [0, 0.1) is 11.8 Å². The number of carbonyl (C=O) groups is 1. The van der Waals surface area contributed by atoms with Gasteiger partial charge in [0.25, 0.3) is 0 Å². The molecule has 3 atom stereocenters. The van der Waals surface area contributed by atoms with Gasteiger partial charge in [-0.1, -0.05) is 6.92 Å². The van der Waals surface area contributed by atoms with E-state index in [1.165, 1.54) is 12.8 Å². The largest absolute Gasteiger partial charge is 0.369 e. The van der Waals surface area contributed by atoms with Crippen molar-refractivity contribution in [1.29, 1.82) is 0 Å².